The van der Waals surface area contributed by atoms with E-state index in [1.54, 1.807) is 12.1 Å². The second kappa shape index (κ2) is 9.26. The van der Waals surface area contributed by atoms with E-state index in [2.05, 4.69) is 10.6 Å². The van der Waals surface area contributed by atoms with E-state index in [0.29, 0.717) is 11.1 Å². The second-order valence-electron chi connectivity index (χ2n) is 6.88. The highest BCUT2D eigenvalue weighted by molar-refractivity contribution is 5.97. The Labute approximate surface area is 158 Å². The highest BCUT2D eigenvalue weighted by Crippen LogP contribution is 2.09. The fourth-order valence-electron chi connectivity index (χ4n) is 2.66. The SMILES string of the molecule is Cc1ccc(C(=O)NC(C(=O)NCCc2cc(F)cc(F)c2)C(C)C)cc1. The monoisotopic (exact) mass is 374 g/mol. The zero-order valence-corrected chi connectivity index (χ0v) is 15.7. The van der Waals surface area contributed by atoms with Crippen LogP contribution in [0.25, 0.3) is 0 Å². The Kier molecular flexibility index (Phi) is 7.05. The number of aryl methyl sites for hydroxylation is 1. The lowest BCUT2D eigenvalue weighted by Gasteiger charge is -2.22. The largest absolute Gasteiger partial charge is 0.354 e. The van der Waals surface area contributed by atoms with Gasteiger partial charge in [-0.15, -0.1) is 0 Å². The van der Waals surface area contributed by atoms with Gasteiger partial charge in [0.2, 0.25) is 5.91 Å². The number of hydrogen-bond donors (Lipinski definition) is 2. The summed E-state index contributed by atoms with van der Waals surface area (Å²) in [5, 5.41) is 5.47. The molecule has 0 heterocycles. The van der Waals surface area contributed by atoms with Crippen LogP contribution < -0.4 is 10.6 Å². The molecule has 144 valence electrons. The van der Waals surface area contributed by atoms with Gasteiger partial charge in [-0.2, -0.15) is 0 Å². The van der Waals surface area contributed by atoms with E-state index in [4.69, 9.17) is 0 Å². The Morgan fingerprint density at radius 2 is 1.59 bits per heavy atom. The van der Waals surface area contributed by atoms with Crippen molar-refractivity contribution >= 4 is 11.8 Å². The minimum absolute atomic E-state index is 0.119. The molecule has 0 bridgehead atoms. The van der Waals surface area contributed by atoms with Crippen LogP contribution in [0.1, 0.15) is 35.3 Å². The van der Waals surface area contributed by atoms with Gasteiger partial charge in [-0.05, 0) is 49.1 Å². The van der Waals surface area contributed by atoms with E-state index in [-0.39, 0.29) is 30.7 Å². The quantitative estimate of drug-likeness (QED) is 0.781. The van der Waals surface area contributed by atoms with Gasteiger partial charge in [-0.3, -0.25) is 9.59 Å². The molecule has 0 aliphatic carbocycles. The summed E-state index contributed by atoms with van der Waals surface area (Å²) in [7, 11) is 0. The molecule has 0 saturated carbocycles. The number of rotatable bonds is 7. The summed E-state index contributed by atoms with van der Waals surface area (Å²) in [6, 6.07) is 9.63. The van der Waals surface area contributed by atoms with Crippen molar-refractivity contribution in [3.05, 3.63) is 70.8 Å². The molecule has 0 saturated heterocycles. The van der Waals surface area contributed by atoms with Crippen LogP contribution in [-0.2, 0) is 11.2 Å². The molecule has 0 aliphatic heterocycles. The van der Waals surface area contributed by atoms with Crippen LogP contribution in [0.4, 0.5) is 8.78 Å². The predicted octanol–water partition coefficient (Wildman–Crippen LogP) is 3.39. The number of carbonyl (C=O) groups is 2. The molecular weight excluding hydrogens is 350 g/mol. The van der Waals surface area contributed by atoms with Crippen LogP contribution >= 0.6 is 0 Å². The Bertz CT molecular complexity index is 784. The van der Waals surface area contributed by atoms with Gasteiger partial charge >= 0.3 is 0 Å². The average Bonchev–Trinajstić information content (AvgIpc) is 2.58. The molecule has 0 spiro atoms. The van der Waals surface area contributed by atoms with E-state index in [9.17, 15) is 18.4 Å². The first-order valence-electron chi connectivity index (χ1n) is 8.86. The number of nitrogens with one attached hydrogen (secondary N) is 2. The maximum absolute atomic E-state index is 13.2. The van der Waals surface area contributed by atoms with Crippen molar-refractivity contribution in [2.75, 3.05) is 6.54 Å². The number of halogens is 2. The molecule has 2 aromatic rings. The number of carbonyl (C=O) groups excluding carboxylic acids is 2. The smallest absolute Gasteiger partial charge is 0.251 e. The van der Waals surface area contributed by atoms with Crippen molar-refractivity contribution < 1.29 is 18.4 Å². The molecule has 2 rings (SSSR count). The van der Waals surface area contributed by atoms with Gasteiger partial charge in [0, 0.05) is 18.2 Å². The van der Waals surface area contributed by atoms with Crippen molar-refractivity contribution in [2.24, 2.45) is 5.92 Å². The predicted molar refractivity (Wildman–Crippen MR) is 100 cm³/mol. The van der Waals surface area contributed by atoms with Crippen LogP contribution in [0.5, 0.6) is 0 Å². The second-order valence-corrected chi connectivity index (χ2v) is 6.88. The normalized spacial score (nSPS) is 11.9. The van der Waals surface area contributed by atoms with Gasteiger partial charge in [0.05, 0.1) is 0 Å². The zero-order valence-electron chi connectivity index (χ0n) is 15.7. The fourth-order valence-corrected chi connectivity index (χ4v) is 2.66. The molecule has 1 unspecified atom stereocenters. The molecule has 0 aromatic heterocycles. The topological polar surface area (TPSA) is 58.2 Å². The van der Waals surface area contributed by atoms with Crippen LogP contribution in [0.2, 0.25) is 0 Å². The third-order valence-electron chi connectivity index (χ3n) is 4.18. The molecule has 0 radical (unpaired) electrons. The molecule has 2 N–H and O–H groups in total. The van der Waals surface area contributed by atoms with Crippen molar-refractivity contribution in [1.29, 1.82) is 0 Å². The highest BCUT2D eigenvalue weighted by Gasteiger charge is 2.24. The van der Waals surface area contributed by atoms with Crippen LogP contribution in [-0.4, -0.2) is 24.4 Å². The molecule has 27 heavy (non-hydrogen) atoms. The Balaban J connectivity index is 1.94. The molecule has 2 amide bonds. The van der Waals surface area contributed by atoms with Crippen molar-refractivity contribution in [3.63, 3.8) is 0 Å². The summed E-state index contributed by atoms with van der Waals surface area (Å²) in [6.07, 6.45) is 0.289. The van der Waals surface area contributed by atoms with Gasteiger partial charge in [0.25, 0.3) is 5.91 Å². The number of benzene rings is 2. The van der Waals surface area contributed by atoms with Crippen molar-refractivity contribution in [2.45, 2.75) is 33.2 Å². The summed E-state index contributed by atoms with van der Waals surface area (Å²) in [5.41, 5.74) is 1.98. The highest BCUT2D eigenvalue weighted by atomic mass is 19.1. The van der Waals surface area contributed by atoms with E-state index >= 15 is 0 Å². The van der Waals surface area contributed by atoms with Gasteiger partial charge in [-0.25, -0.2) is 8.78 Å². The minimum Gasteiger partial charge on any atom is -0.354 e. The molecule has 6 heteroatoms. The molecule has 0 aliphatic rings. The van der Waals surface area contributed by atoms with E-state index in [1.807, 2.05) is 32.9 Å². The molecule has 1 atom stereocenters. The zero-order chi connectivity index (χ0) is 20.0. The Hall–Kier alpha value is -2.76. The van der Waals surface area contributed by atoms with Crippen molar-refractivity contribution in [1.82, 2.24) is 10.6 Å². The fraction of sp³-hybridized carbons (Fsp3) is 0.333. The van der Waals surface area contributed by atoms with Crippen LogP contribution in [0, 0.1) is 24.5 Å². The number of amides is 2. The number of hydrogen-bond acceptors (Lipinski definition) is 2. The van der Waals surface area contributed by atoms with Gasteiger partial charge in [0.1, 0.15) is 17.7 Å². The Morgan fingerprint density at radius 1 is 1.00 bits per heavy atom. The third-order valence-corrected chi connectivity index (χ3v) is 4.18. The molecule has 2 aromatic carbocycles. The first-order chi connectivity index (χ1) is 12.8. The first-order valence-corrected chi connectivity index (χ1v) is 8.86. The summed E-state index contributed by atoms with van der Waals surface area (Å²) in [5.74, 6) is -2.08. The standard InChI is InChI=1S/C21H24F2N2O2/c1-13(2)19(25-20(26)16-6-4-14(3)5-7-16)21(27)24-9-8-15-10-17(22)12-18(23)11-15/h4-7,10-13,19H,8-9H2,1-3H3,(H,24,27)(H,25,26). The molecule has 4 nitrogen and oxygen atoms in total. The summed E-state index contributed by atoms with van der Waals surface area (Å²) < 4.78 is 26.4. The summed E-state index contributed by atoms with van der Waals surface area (Å²) in [4.78, 5) is 24.8. The summed E-state index contributed by atoms with van der Waals surface area (Å²) in [6.45, 7) is 5.81. The van der Waals surface area contributed by atoms with Gasteiger partial charge in [-0.1, -0.05) is 31.5 Å². The third kappa shape index (κ3) is 6.16. The molecular formula is C21H24F2N2O2. The van der Waals surface area contributed by atoms with Crippen molar-refractivity contribution in [3.8, 4) is 0 Å². The van der Waals surface area contributed by atoms with Crippen LogP contribution in [0.15, 0.2) is 42.5 Å². The van der Waals surface area contributed by atoms with E-state index < -0.39 is 17.7 Å². The summed E-state index contributed by atoms with van der Waals surface area (Å²) >= 11 is 0. The lowest BCUT2D eigenvalue weighted by Crippen LogP contribution is -2.50. The maximum atomic E-state index is 13.2. The van der Waals surface area contributed by atoms with Gasteiger partial charge < -0.3 is 10.6 Å². The van der Waals surface area contributed by atoms with E-state index in [0.717, 1.165) is 11.6 Å². The van der Waals surface area contributed by atoms with Crippen LogP contribution in [0.3, 0.4) is 0 Å². The van der Waals surface area contributed by atoms with E-state index in [1.165, 1.54) is 12.1 Å². The Morgan fingerprint density at radius 3 is 2.15 bits per heavy atom. The lowest BCUT2D eigenvalue weighted by molar-refractivity contribution is -0.123. The lowest BCUT2D eigenvalue weighted by atomic mass is 10.0. The average molecular weight is 374 g/mol. The first kappa shape index (κ1) is 20.6. The molecule has 0 fully saturated rings. The minimum atomic E-state index is -0.706. The van der Waals surface area contributed by atoms with Gasteiger partial charge in [0.15, 0.2) is 0 Å². The maximum Gasteiger partial charge on any atom is 0.251 e.